The summed E-state index contributed by atoms with van der Waals surface area (Å²) in [4.78, 5) is 11.9. The first kappa shape index (κ1) is 20.2. The Morgan fingerprint density at radius 3 is 2.52 bits per heavy atom. The average Bonchev–Trinajstić information content (AvgIpc) is 3.03. The van der Waals surface area contributed by atoms with E-state index in [1.165, 1.54) is 16.7 Å². The molecule has 1 fully saturated rings. The fourth-order valence-electron chi connectivity index (χ4n) is 5.48. The van der Waals surface area contributed by atoms with Gasteiger partial charge >= 0.3 is 0 Å². The van der Waals surface area contributed by atoms with Crippen molar-refractivity contribution in [2.45, 2.75) is 57.5 Å². The predicted molar refractivity (Wildman–Crippen MR) is 115 cm³/mol. The van der Waals surface area contributed by atoms with E-state index >= 15 is 0 Å². The highest BCUT2D eigenvalue weighted by atomic mass is 16.5. The van der Waals surface area contributed by atoms with E-state index in [1.54, 1.807) is 7.11 Å². The van der Waals surface area contributed by atoms with E-state index in [0.29, 0.717) is 24.2 Å². The number of carbonyl (C=O) groups is 1. The number of fused-ring (bicyclic) bond motifs is 2. The van der Waals surface area contributed by atoms with Gasteiger partial charge in [-0.3, -0.25) is 4.79 Å². The van der Waals surface area contributed by atoms with Crippen LogP contribution < -0.4 is 4.74 Å². The summed E-state index contributed by atoms with van der Waals surface area (Å²) < 4.78 is 11.3. The van der Waals surface area contributed by atoms with Crippen LogP contribution in [0.5, 0.6) is 5.75 Å². The molecule has 2 atom stereocenters. The second kappa shape index (κ2) is 8.71. The van der Waals surface area contributed by atoms with Crippen molar-refractivity contribution in [1.29, 1.82) is 0 Å². The molecule has 0 saturated heterocycles. The third-order valence-corrected chi connectivity index (χ3v) is 7.02. The molecule has 0 radical (unpaired) electrons. The molecule has 4 rings (SSSR count). The Morgan fingerprint density at radius 1 is 1.07 bits per heavy atom. The van der Waals surface area contributed by atoms with Crippen LogP contribution >= 0.6 is 0 Å². The first-order valence-corrected chi connectivity index (χ1v) is 10.9. The van der Waals surface area contributed by atoms with Gasteiger partial charge in [-0.25, -0.2) is 0 Å². The van der Waals surface area contributed by atoms with Crippen LogP contribution in [0.15, 0.2) is 48.5 Å². The van der Waals surface area contributed by atoms with E-state index in [9.17, 15) is 4.79 Å². The topological polar surface area (TPSA) is 35.5 Å². The number of rotatable bonds is 7. The van der Waals surface area contributed by atoms with E-state index < -0.39 is 0 Å². The van der Waals surface area contributed by atoms with Gasteiger partial charge in [-0.2, -0.15) is 0 Å². The third-order valence-electron chi connectivity index (χ3n) is 7.02. The molecule has 3 nitrogen and oxygen atoms in total. The fraction of sp³-hybridized carbons (Fsp3) is 0.500. The monoisotopic (exact) mass is 392 g/mol. The Morgan fingerprint density at radius 2 is 1.79 bits per heavy atom. The van der Waals surface area contributed by atoms with E-state index in [0.717, 1.165) is 50.9 Å². The minimum atomic E-state index is 0.203. The highest BCUT2D eigenvalue weighted by Gasteiger charge is 2.48. The molecule has 1 spiro atoms. The third kappa shape index (κ3) is 4.25. The normalized spacial score (nSPS) is 21.2. The predicted octanol–water partition coefficient (Wildman–Crippen LogP) is 5.49. The summed E-state index contributed by atoms with van der Waals surface area (Å²) in [5.41, 5.74) is 4.39. The van der Waals surface area contributed by atoms with Crippen LogP contribution in [0.2, 0.25) is 0 Å². The molecule has 2 aromatic rings. The van der Waals surface area contributed by atoms with Crippen molar-refractivity contribution in [3.63, 3.8) is 0 Å². The van der Waals surface area contributed by atoms with Crippen LogP contribution in [0.3, 0.4) is 0 Å². The zero-order chi connectivity index (χ0) is 20.3. The molecule has 29 heavy (non-hydrogen) atoms. The molecule has 0 heterocycles. The lowest BCUT2D eigenvalue weighted by Gasteiger charge is -2.40. The summed E-state index contributed by atoms with van der Waals surface area (Å²) in [6.07, 6.45) is 5.83. The van der Waals surface area contributed by atoms with E-state index in [2.05, 4.69) is 43.3 Å². The standard InChI is InChI=1S/C26H32O3/c1-19(17-29-18-20-7-9-24(28-2)10-8-20)15-22-16-21-5-3-4-6-25(21)26(22)13-11-23(27)12-14-26/h3-10,19,22H,11-18H2,1-2H3/t19-,22+/m1/s1. The molecular formula is C26H32O3. The molecule has 0 N–H and O–H groups in total. The van der Waals surface area contributed by atoms with Crippen molar-refractivity contribution in [3.8, 4) is 5.75 Å². The van der Waals surface area contributed by atoms with Gasteiger partial charge in [-0.05, 0) is 71.8 Å². The molecule has 0 aliphatic heterocycles. The number of benzene rings is 2. The Labute approximate surface area is 174 Å². The number of hydrogen-bond acceptors (Lipinski definition) is 3. The van der Waals surface area contributed by atoms with Gasteiger partial charge < -0.3 is 9.47 Å². The first-order valence-electron chi connectivity index (χ1n) is 10.9. The smallest absolute Gasteiger partial charge is 0.132 e. The quantitative estimate of drug-likeness (QED) is 0.625. The lowest BCUT2D eigenvalue weighted by molar-refractivity contribution is -0.121. The maximum atomic E-state index is 11.9. The number of methoxy groups -OCH3 is 1. The van der Waals surface area contributed by atoms with Gasteiger partial charge in [0.15, 0.2) is 0 Å². The minimum absolute atomic E-state index is 0.203. The van der Waals surface area contributed by atoms with Crippen molar-refractivity contribution >= 4 is 5.78 Å². The van der Waals surface area contributed by atoms with Crippen LogP contribution in [0.25, 0.3) is 0 Å². The summed E-state index contributed by atoms with van der Waals surface area (Å²) in [6, 6.07) is 17.0. The summed E-state index contributed by atoms with van der Waals surface area (Å²) >= 11 is 0. The van der Waals surface area contributed by atoms with Crippen LogP contribution in [0.1, 0.15) is 55.7 Å². The van der Waals surface area contributed by atoms with Crippen molar-refractivity contribution in [3.05, 3.63) is 65.2 Å². The molecule has 2 aliphatic rings. The van der Waals surface area contributed by atoms with Crippen LogP contribution in [-0.4, -0.2) is 19.5 Å². The maximum Gasteiger partial charge on any atom is 0.132 e. The van der Waals surface area contributed by atoms with Crippen molar-refractivity contribution < 1.29 is 14.3 Å². The Balaban J connectivity index is 1.36. The lowest BCUT2D eigenvalue weighted by atomic mass is 9.63. The minimum Gasteiger partial charge on any atom is -0.497 e. The number of carbonyl (C=O) groups excluding carboxylic acids is 1. The van der Waals surface area contributed by atoms with Crippen molar-refractivity contribution in [2.75, 3.05) is 13.7 Å². The van der Waals surface area contributed by atoms with Crippen LogP contribution in [0.4, 0.5) is 0 Å². The zero-order valence-corrected chi connectivity index (χ0v) is 17.7. The highest BCUT2D eigenvalue weighted by Crippen LogP contribution is 2.53. The highest BCUT2D eigenvalue weighted by molar-refractivity contribution is 5.79. The molecule has 2 aliphatic carbocycles. The molecule has 3 heteroatoms. The van der Waals surface area contributed by atoms with E-state index in [-0.39, 0.29) is 5.41 Å². The van der Waals surface area contributed by atoms with Crippen molar-refractivity contribution in [1.82, 2.24) is 0 Å². The van der Waals surface area contributed by atoms with Gasteiger partial charge in [0.05, 0.1) is 13.7 Å². The van der Waals surface area contributed by atoms with Crippen LogP contribution in [0, 0.1) is 11.8 Å². The lowest BCUT2D eigenvalue weighted by Crippen LogP contribution is -2.37. The summed E-state index contributed by atoms with van der Waals surface area (Å²) in [5, 5.41) is 0. The first-order chi connectivity index (χ1) is 14.1. The van der Waals surface area contributed by atoms with Gasteiger partial charge in [0.1, 0.15) is 11.5 Å². The number of hydrogen-bond donors (Lipinski definition) is 0. The zero-order valence-electron chi connectivity index (χ0n) is 17.7. The van der Waals surface area contributed by atoms with Gasteiger partial charge in [0.25, 0.3) is 0 Å². The number of ketones is 1. The van der Waals surface area contributed by atoms with Gasteiger partial charge in [0.2, 0.25) is 0 Å². The number of ether oxygens (including phenoxy) is 2. The van der Waals surface area contributed by atoms with Crippen LogP contribution in [-0.2, 0) is 28.0 Å². The Bertz CT molecular complexity index is 829. The Hall–Kier alpha value is -2.13. The van der Waals surface area contributed by atoms with Crippen molar-refractivity contribution in [2.24, 2.45) is 11.8 Å². The van der Waals surface area contributed by atoms with E-state index in [1.807, 2.05) is 12.1 Å². The summed E-state index contributed by atoms with van der Waals surface area (Å²) in [5.74, 6) is 2.43. The summed E-state index contributed by atoms with van der Waals surface area (Å²) in [7, 11) is 1.68. The van der Waals surface area contributed by atoms with E-state index in [4.69, 9.17) is 9.47 Å². The largest absolute Gasteiger partial charge is 0.497 e. The molecular weight excluding hydrogens is 360 g/mol. The fourth-order valence-corrected chi connectivity index (χ4v) is 5.48. The average molecular weight is 393 g/mol. The Kier molecular flexibility index (Phi) is 6.05. The second-order valence-corrected chi connectivity index (χ2v) is 8.96. The molecule has 0 bridgehead atoms. The molecule has 0 unspecified atom stereocenters. The van der Waals surface area contributed by atoms with Gasteiger partial charge in [-0.15, -0.1) is 0 Å². The molecule has 0 aromatic heterocycles. The summed E-state index contributed by atoms with van der Waals surface area (Å²) in [6.45, 7) is 3.71. The second-order valence-electron chi connectivity index (χ2n) is 8.96. The molecule has 0 amide bonds. The molecule has 154 valence electrons. The van der Waals surface area contributed by atoms with Gasteiger partial charge in [-0.1, -0.05) is 43.3 Å². The maximum absolute atomic E-state index is 11.9. The number of Topliss-reactive ketones (excluding diaryl/α,β-unsaturated/α-hetero) is 1. The molecule has 2 aromatic carbocycles. The van der Waals surface area contributed by atoms with Gasteiger partial charge in [0, 0.05) is 19.4 Å². The molecule has 1 saturated carbocycles. The SMILES string of the molecule is COc1ccc(COC[C@H](C)C[C@H]2Cc3ccccc3C23CCC(=O)CC3)cc1.